The van der Waals surface area contributed by atoms with Crippen LogP contribution in [0.5, 0.6) is 0 Å². The largest absolute Gasteiger partial charge is 0.462 e. The van der Waals surface area contributed by atoms with Crippen LogP contribution in [0.3, 0.4) is 0 Å². The number of unbranched alkanes of at least 4 members (excludes halogenated alkanes) is 42. The van der Waals surface area contributed by atoms with E-state index in [-0.39, 0.29) is 31.1 Å². The van der Waals surface area contributed by atoms with E-state index >= 15 is 0 Å². The van der Waals surface area contributed by atoms with Gasteiger partial charge in [-0.05, 0) is 51.4 Å². The Morgan fingerprint density at radius 2 is 0.522 bits per heavy atom. The smallest absolute Gasteiger partial charge is 0.306 e. The maximum absolute atomic E-state index is 12.9. The summed E-state index contributed by atoms with van der Waals surface area (Å²) in [6, 6.07) is 0. The van der Waals surface area contributed by atoms with Crippen LogP contribution in [0, 0.1) is 0 Å². The van der Waals surface area contributed by atoms with E-state index < -0.39 is 6.10 Å². The Labute approximate surface area is 430 Å². The van der Waals surface area contributed by atoms with Crippen molar-refractivity contribution in [2.24, 2.45) is 0 Å². The summed E-state index contributed by atoms with van der Waals surface area (Å²) in [5.74, 6) is -0.846. The number of hydrogen-bond acceptors (Lipinski definition) is 6. The van der Waals surface area contributed by atoms with E-state index in [0.717, 1.165) is 64.2 Å². The minimum atomic E-state index is -0.769. The van der Waals surface area contributed by atoms with Crippen LogP contribution >= 0.6 is 0 Å². The molecule has 6 nitrogen and oxygen atoms in total. The van der Waals surface area contributed by atoms with Crippen LogP contribution in [0.25, 0.3) is 0 Å². The van der Waals surface area contributed by atoms with Crippen LogP contribution in [0.4, 0.5) is 0 Å². The van der Waals surface area contributed by atoms with Crippen molar-refractivity contribution >= 4 is 17.9 Å². The highest BCUT2D eigenvalue weighted by Crippen LogP contribution is 2.18. The normalized spacial score (nSPS) is 12.1. The maximum Gasteiger partial charge on any atom is 0.306 e. The lowest BCUT2D eigenvalue weighted by Gasteiger charge is -2.18. The zero-order valence-corrected chi connectivity index (χ0v) is 46.6. The van der Waals surface area contributed by atoms with Gasteiger partial charge in [-0.1, -0.05) is 295 Å². The predicted octanol–water partition coefficient (Wildman–Crippen LogP) is 20.7. The molecule has 406 valence electrons. The van der Waals surface area contributed by atoms with Crippen molar-refractivity contribution in [2.45, 2.75) is 348 Å². The topological polar surface area (TPSA) is 78.9 Å². The average Bonchev–Trinajstić information content (AvgIpc) is 3.35. The Hall–Kier alpha value is -2.11. The van der Waals surface area contributed by atoms with Gasteiger partial charge in [0.05, 0.1) is 0 Å². The van der Waals surface area contributed by atoms with E-state index in [1.54, 1.807) is 0 Å². The van der Waals surface area contributed by atoms with Crippen molar-refractivity contribution in [3.63, 3.8) is 0 Å². The van der Waals surface area contributed by atoms with Gasteiger partial charge in [0.1, 0.15) is 13.2 Å². The van der Waals surface area contributed by atoms with Gasteiger partial charge in [-0.3, -0.25) is 14.4 Å². The van der Waals surface area contributed by atoms with Gasteiger partial charge in [-0.2, -0.15) is 0 Å². The minimum absolute atomic E-state index is 0.0670. The minimum Gasteiger partial charge on any atom is -0.462 e. The zero-order chi connectivity index (χ0) is 50.0. The number of esters is 3. The Bertz CT molecular complexity index is 1110. The highest BCUT2D eigenvalue weighted by molar-refractivity contribution is 5.71. The summed E-state index contributed by atoms with van der Waals surface area (Å²) >= 11 is 0. The average molecular weight is 972 g/mol. The Morgan fingerprint density at radius 3 is 0.826 bits per heavy atom. The van der Waals surface area contributed by atoms with E-state index in [1.807, 2.05) is 0 Å². The van der Waals surface area contributed by atoms with Crippen LogP contribution in [-0.2, 0) is 28.6 Å². The molecular weight excluding hydrogens is 853 g/mol. The first-order valence-corrected chi connectivity index (χ1v) is 30.8. The van der Waals surface area contributed by atoms with Crippen molar-refractivity contribution in [2.75, 3.05) is 13.2 Å². The van der Waals surface area contributed by atoms with Crippen LogP contribution < -0.4 is 0 Å². The van der Waals surface area contributed by atoms with Crippen LogP contribution in [0.15, 0.2) is 24.3 Å². The number of carbonyl (C=O) groups is 3. The molecule has 6 heteroatoms. The second-order valence-electron chi connectivity index (χ2n) is 21.0. The van der Waals surface area contributed by atoms with Crippen LogP contribution in [-0.4, -0.2) is 37.2 Å². The van der Waals surface area contributed by atoms with Crippen molar-refractivity contribution < 1.29 is 28.6 Å². The van der Waals surface area contributed by atoms with Gasteiger partial charge in [-0.15, -0.1) is 0 Å². The summed E-state index contributed by atoms with van der Waals surface area (Å²) < 4.78 is 16.9. The molecule has 1 unspecified atom stereocenters. The number of carbonyl (C=O) groups excluding carboxylic acids is 3. The molecule has 0 amide bonds. The monoisotopic (exact) mass is 971 g/mol. The molecule has 0 fully saturated rings. The summed E-state index contributed by atoms with van der Waals surface area (Å²) in [7, 11) is 0. The van der Waals surface area contributed by atoms with Gasteiger partial charge in [0.25, 0.3) is 0 Å². The molecule has 0 aliphatic carbocycles. The summed E-state index contributed by atoms with van der Waals surface area (Å²) in [6.07, 6.45) is 68.9. The summed E-state index contributed by atoms with van der Waals surface area (Å²) in [5.41, 5.74) is 0. The molecule has 0 heterocycles. The fourth-order valence-corrected chi connectivity index (χ4v) is 9.30. The molecule has 0 aliphatic heterocycles. The lowest BCUT2D eigenvalue weighted by Crippen LogP contribution is -2.30. The van der Waals surface area contributed by atoms with Gasteiger partial charge in [0, 0.05) is 19.3 Å². The van der Waals surface area contributed by atoms with Crippen molar-refractivity contribution in [3.05, 3.63) is 24.3 Å². The quantitative estimate of drug-likeness (QED) is 0.0261. The van der Waals surface area contributed by atoms with Gasteiger partial charge < -0.3 is 14.2 Å². The summed E-state index contributed by atoms with van der Waals surface area (Å²) in [5, 5.41) is 0. The van der Waals surface area contributed by atoms with Gasteiger partial charge in [-0.25, -0.2) is 0 Å². The van der Waals surface area contributed by atoms with Crippen molar-refractivity contribution in [1.82, 2.24) is 0 Å². The Balaban J connectivity index is 4.27. The number of allylic oxidation sites excluding steroid dienone is 4. The number of hydrogen-bond donors (Lipinski definition) is 0. The van der Waals surface area contributed by atoms with Gasteiger partial charge in [0.15, 0.2) is 6.10 Å². The van der Waals surface area contributed by atoms with Crippen molar-refractivity contribution in [1.29, 1.82) is 0 Å². The summed E-state index contributed by atoms with van der Waals surface area (Å²) in [4.78, 5) is 38.2. The molecule has 0 aromatic rings. The second kappa shape index (κ2) is 58.5. The van der Waals surface area contributed by atoms with E-state index in [4.69, 9.17) is 14.2 Å². The third-order valence-electron chi connectivity index (χ3n) is 14.0. The van der Waals surface area contributed by atoms with E-state index in [1.165, 1.54) is 238 Å². The predicted molar refractivity (Wildman–Crippen MR) is 298 cm³/mol. The van der Waals surface area contributed by atoms with Gasteiger partial charge >= 0.3 is 17.9 Å². The number of ether oxygens (including phenoxy) is 3. The molecule has 0 aromatic carbocycles. The lowest BCUT2D eigenvalue weighted by molar-refractivity contribution is -0.167. The molecule has 0 rings (SSSR count). The summed E-state index contributed by atoms with van der Waals surface area (Å²) in [6.45, 7) is 6.67. The highest BCUT2D eigenvalue weighted by Gasteiger charge is 2.19. The third kappa shape index (κ3) is 56.7. The number of rotatable bonds is 57. The highest BCUT2D eigenvalue weighted by atomic mass is 16.6. The van der Waals surface area contributed by atoms with Crippen LogP contribution in [0.2, 0.25) is 0 Å². The molecule has 0 saturated heterocycles. The van der Waals surface area contributed by atoms with Gasteiger partial charge in [0.2, 0.25) is 0 Å². The van der Waals surface area contributed by atoms with E-state index in [0.29, 0.717) is 19.3 Å². The fourth-order valence-electron chi connectivity index (χ4n) is 9.30. The molecule has 0 aliphatic rings. The molecule has 0 aromatic heterocycles. The zero-order valence-electron chi connectivity index (χ0n) is 46.6. The molecule has 0 radical (unpaired) electrons. The van der Waals surface area contributed by atoms with E-state index in [2.05, 4.69) is 45.1 Å². The molecular formula is C63H118O6. The first-order valence-electron chi connectivity index (χ1n) is 30.8. The van der Waals surface area contributed by atoms with Crippen LogP contribution in [0.1, 0.15) is 342 Å². The fraction of sp³-hybridized carbons (Fsp3) is 0.889. The Morgan fingerprint density at radius 1 is 0.290 bits per heavy atom. The first kappa shape index (κ1) is 66.9. The maximum atomic E-state index is 12.9. The second-order valence-corrected chi connectivity index (χ2v) is 21.0. The molecule has 0 bridgehead atoms. The first-order chi connectivity index (χ1) is 34.0. The van der Waals surface area contributed by atoms with E-state index in [9.17, 15) is 14.4 Å². The molecule has 0 N–H and O–H groups in total. The third-order valence-corrected chi connectivity index (χ3v) is 14.0. The Kier molecular flexibility index (Phi) is 56.7. The SMILES string of the molecule is CCCCC/C=C\C/C=C\CCCCCCCCCCCC(=O)OC(COC(=O)CCCCCCCCCCCCCC)COC(=O)CCCCCCCCCCCCCCCCCCCCCC. The van der Waals surface area contributed by atoms with Crippen molar-refractivity contribution in [3.8, 4) is 0 Å². The lowest BCUT2D eigenvalue weighted by atomic mass is 10.0. The molecule has 0 spiro atoms. The standard InChI is InChI=1S/C63H118O6/c1-4-7-10-13-16-19-22-25-27-29-31-33-34-36-38-41-44-47-50-53-56-62(65)68-59-60(58-67-61(64)55-52-49-46-43-40-24-21-18-15-12-9-6-3)69-63(66)57-54-51-48-45-42-39-37-35-32-30-28-26-23-20-17-14-11-8-5-2/h17,20,26,28,60H,4-16,18-19,21-25,27,29-59H2,1-3H3/b20-17-,28-26-. The molecule has 1 atom stereocenters. The molecule has 0 saturated carbocycles. The molecule has 69 heavy (non-hydrogen) atoms.